The number of hydrogen-bond acceptors (Lipinski definition) is 7. The molecule has 1 heterocycles. The molecule has 178 valence electrons. The Bertz CT molecular complexity index is 1120. The SMILES string of the molecule is CCN(CC)C(=O)COc1ccc(/C=C(\C#N)C(=O)Nc2ccc3c(c2)OCCO3)cc1OC. The van der Waals surface area contributed by atoms with Crippen molar-refractivity contribution in [3.63, 3.8) is 0 Å². The van der Waals surface area contributed by atoms with Crippen LogP contribution in [0.1, 0.15) is 19.4 Å². The van der Waals surface area contributed by atoms with Gasteiger partial charge in [-0.3, -0.25) is 9.59 Å². The van der Waals surface area contributed by atoms with Crippen molar-refractivity contribution >= 4 is 23.6 Å². The van der Waals surface area contributed by atoms with Crippen LogP contribution in [0, 0.1) is 11.3 Å². The molecule has 0 spiro atoms. The molecule has 0 aromatic heterocycles. The van der Waals surface area contributed by atoms with E-state index in [1.54, 1.807) is 41.3 Å². The predicted molar refractivity (Wildman–Crippen MR) is 126 cm³/mol. The molecule has 0 fully saturated rings. The van der Waals surface area contributed by atoms with Gasteiger partial charge in [-0.2, -0.15) is 5.26 Å². The summed E-state index contributed by atoms with van der Waals surface area (Å²) < 4.78 is 22.0. The highest BCUT2D eigenvalue weighted by Gasteiger charge is 2.16. The van der Waals surface area contributed by atoms with E-state index in [9.17, 15) is 14.9 Å². The van der Waals surface area contributed by atoms with Gasteiger partial charge in [0.25, 0.3) is 11.8 Å². The Morgan fingerprint density at radius 2 is 1.82 bits per heavy atom. The molecule has 0 atom stereocenters. The smallest absolute Gasteiger partial charge is 0.266 e. The molecule has 0 radical (unpaired) electrons. The van der Waals surface area contributed by atoms with Gasteiger partial charge in [0.1, 0.15) is 24.9 Å². The molecule has 2 aromatic carbocycles. The zero-order valence-corrected chi connectivity index (χ0v) is 19.4. The summed E-state index contributed by atoms with van der Waals surface area (Å²) in [7, 11) is 1.47. The molecular weight excluding hydrogens is 438 g/mol. The second-order valence-corrected chi connectivity index (χ2v) is 7.25. The second kappa shape index (κ2) is 11.6. The van der Waals surface area contributed by atoms with Gasteiger partial charge in [-0.15, -0.1) is 0 Å². The number of nitriles is 1. The summed E-state index contributed by atoms with van der Waals surface area (Å²) in [6.07, 6.45) is 1.45. The Balaban J connectivity index is 1.72. The molecule has 0 saturated carbocycles. The van der Waals surface area contributed by atoms with Crippen LogP contribution >= 0.6 is 0 Å². The summed E-state index contributed by atoms with van der Waals surface area (Å²) >= 11 is 0. The van der Waals surface area contributed by atoms with Crippen LogP contribution in [0.5, 0.6) is 23.0 Å². The molecular formula is C25H27N3O6. The first-order valence-corrected chi connectivity index (χ1v) is 10.9. The summed E-state index contributed by atoms with van der Waals surface area (Å²) in [5, 5.41) is 12.2. The Hall–Kier alpha value is -4.19. The highest BCUT2D eigenvalue weighted by Crippen LogP contribution is 2.33. The largest absolute Gasteiger partial charge is 0.493 e. The van der Waals surface area contributed by atoms with Crippen LogP contribution in [0.4, 0.5) is 5.69 Å². The number of fused-ring (bicyclic) bond motifs is 1. The molecule has 2 amide bonds. The third-order valence-corrected chi connectivity index (χ3v) is 5.13. The van der Waals surface area contributed by atoms with Crippen LogP contribution < -0.4 is 24.3 Å². The van der Waals surface area contributed by atoms with E-state index in [2.05, 4.69) is 5.32 Å². The van der Waals surface area contributed by atoms with E-state index in [0.717, 1.165) is 0 Å². The van der Waals surface area contributed by atoms with Gasteiger partial charge in [0.15, 0.2) is 29.6 Å². The monoisotopic (exact) mass is 465 g/mol. The highest BCUT2D eigenvalue weighted by molar-refractivity contribution is 6.09. The van der Waals surface area contributed by atoms with Crippen LogP contribution in [0.3, 0.4) is 0 Å². The number of amides is 2. The van der Waals surface area contributed by atoms with E-state index >= 15 is 0 Å². The topological polar surface area (TPSA) is 110 Å². The molecule has 9 heteroatoms. The highest BCUT2D eigenvalue weighted by atomic mass is 16.6. The first-order chi connectivity index (χ1) is 16.5. The lowest BCUT2D eigenvalue weighted by atomic mass is 10.1. The fourth-order valence-electron chi connectivity index (χ4n) is 3.34. The van der Waals surface area contributed by atoms with E-state index in [-0.39, 0.29) is 18.1 Å². The number of nitrogens with zero attached hydrogens (tertiary/aromatic N) is 2. The van der Waals surface area contributed by atoms with Crippen molar-refractivity contribution in [3.05, 3.63) is 47.5 Å². The predicted octanol–water partition coefficient (Wildman–Crippen LogP) is 3.26. The van der Waals surface area contributed by atoms with Gasteiger partial charge in [0.2, 0.25) is 0 Å². The fourth-order valence-corrected chi connectivity index (χ4v) is 3.34. The van der Waals surface area contributed by atoms with Crippen molar-refractivity contribution in [2.24, 2.45) is 0 Å². The van der Waals surface area contributed by atoms with Crippen LogP contribution in [-0.2, 0) is 9.59 Å². The molecule has 34 heavy (non-hydrogen) atoms. The number of anilines is 1. The maximum absolute atomic E-state index is 12.7. The number of rotatable bonds is 9. The van der Waals surface area contributed by atoms with Gasteiger partial charge < -0.3 is 29.2 Å². The van der Waals surface area contributed by atoms with Crippen LogP contribution in [0.15, 0.2) is 42.0 Å². The summed E-state index contributed by atoms with van der Waals surface area (Å²) in [4.78, 5) is 26.5. The first kappa shape index (κ1) is 24.5. The third kappa shape index (κ3) is 5.98. The van der Waals surface area contributed by atoms with E-state index in [4.69, 9.17) is 18.9 Å². The first-order valence-electron chi connectivity index (χ1n) is 10.9. The lowest BCUT2D eigenvalue weighted by Gasteiger charge is -2.19. The van der Waals surface area contributed by atoms with E-state index in [1.165, 1.54) is 13.2 Å². The molecule has 9 nitrogen and oxygen atoms in total. The average molecular weight is 466 g/mol. The van der Waals surface area contributed by atoms with Crippen molar-refractivity contribution in [1.82, 2.24) is 4.90 Å². The van der Waals surface area contributed by atoms with Gasteiger partial charge in [-0.25, -0.2) is 0 Å². The van der Waals surface area contributed by atoms with Gasteiger partial charge in [0, 0.05) is 24.8 Å². The van der Waals surface area contributed by atoms with Crippen molar-refractivity contribution < 1.29 is 28.5 Å². The van der Waals surface area contributed by atoms with E-state index in [1.807, 2.05) is 19.9 Å². The Morgan fingerprint density at radius 1 is 1.09 bits per heavy atom. The van der Waals surface area contributed by atoms with Crippen LogP contribution in [-0.4, -0.2) is 56.7 Å². The van der Waals surface area contributed by atoms with Crippen LogP contribution in [0.25, 0.3) is 6.08 Å². The Morgan fingerprint density at radius 3 is 2.50 bits per heavy atom. The van der Waals surface area contributed by atoms with Gasteiger partial charge in [-0.05, 0) is 49.8 Å². The standard InChI is InChI=1S/C25H27N3O6/c1-4-28(5-2)24(29)16-34-20-8-6-17(13-22(20)31-3)12-18(15-26)25(30)27-19-7-9-21-23(14-19)33-11-10-32-21/h6-9,12-14H,4-5,10-11,16H2,1-3H3,(H,27,30)/b18-12+. The molecule has 1 aliphatic heterocycles. The molecule has 3 rings (SSSR count). The lowest BCUT2D eigenvalue weighted by Crippen LogP contribution is -2.34. The fraction of sp³-hybridized carbons (Fsp3) is 0.320. The number of likely N-dealkylation sites (N-methyl/N-ethyl adjacent to an activating group) is 1. The third-order valence-electron chi connectivity index (χ3n) is 5.13. The van der Waals surface area contributed by atoms with Crippen LogP contribution in [0.2, 0.25) is 0 Å². The lowest BCUT2D eigenvalue weighted by molar-refractivity contribution is -0.133. The maximum Gasteiger partial charge on any atom is 0.266 e. The van der Waals surface area contributed by atoms with Gasteiger partial charge in [-0.1, -0.05) is 6.07 Å². The number of ether oxygens (including phenoxy) is 4. The molecule has 0 aliphatic carbocycles. The number of carbonyl (C=O) groups excluding carboxylic acids is 2. The molecule has 2 aromatic rings. The second-order valence-electron chi connectivity index (χ2n) is 7.25. The normalized spacial score (nSPS) is 12.4. The Labute approximate surface area is 198 Å². The van der Waals surface area contributed by atoms with Crippen molar-refractivity contribution in [3.8, 4) is 29.1 Å². The van der Waals surface area contributed by atoms with E-state index < -0.39 is 5.91 Å². The zero-order valence-electron chi connectivity index (χ0n) is 19.4. The van der Waals surface area contributed by atoms with Gasteiger partial charge >= 0.3 is 0 Å². The quantitative estimate of drug-likeness (QED) is 0.447. The van der Waals surface area contributed by atoms with Crippen molar-refractivity contribution in [2.45, 2.75) is 13.8 Å². The van der Waals surface area contributed by atoms with Crippen molar-refractivity contribution in [2.75, 3.05) is 45.3 Å². The molecule has 0 unspecified atom stereocenters. The number of nitrogens with one attached hydrogen (secondary N) is 1. The molecule has 1 N–H and O–H groups in total. The number of benzene rings is 2. The number of methoxy groups -OCH3 is 1. The number of hydrogen-bond donors (Lipinski definition) is 1. The molecule has 0 saturated heterocycles. The average Bonchev–Trinajstić information content (AvgIpc) is 2.86. The summed E-state index contributed by atoms with van der Waals surface area (Å²) in [6.45, 7) is 5.79. The maximum atomic E-state index is 12.7. The number of carbonyl (C=O) groups is 2. The van der Waals surface area contributed by atoms with Crippen molar-refractivity contribution in [1.29, 1.82) is 5.26 Å². The van der Waals surface area contributed by atoms with Gasteiger partial charge in [0.05, 0.1) is 7.11 Å². The minimum Gasteiger partial charge on any atom is -0.493 e. The summed E-state index contributed by atoms with van der Waals surface area (Å²) in [5.74, 6) is 1.21. The minimum atomic E-state index is -0.566. The Kier molecular flexibility index (Phi) is 8.35. The van der Waals surface area contributed by atoms with E-state index in [0.29, 0.717) is 60.6 Å². The summed E-state index contributed by atoms with van der Waals surface area (Å²) in [6, 6.07) is 11.9. The molecule has 0 bridgehead atoms. The molecule has 1 aliphatic rings. The zero-order chi connectivity index (χ0) is 24.5. The summed E-state index contributed by atoms with van der Waals surface area (Å²) in [5.41, 5.74) is 0.949. The minimum absolute atomic E-state index is 0.0951.